The number of hydrogen-bond acceptors (Lipinski definition) is 5. The highest BCUT2D eigenvalue weighted by Gasteiger charge is 2.26. The van der Waals surface area contributed by atoms with Crippen molar-refractivity contribution in [1.29, 1.82) is 0 Å². The van der Waals surface area contributed by atoms with Crippen LogP contribution in [0.25, 0.3) is 0 Å². The van der Waals surface area contributed by atoms with E-state index in [1.54, 1.807) is 4.90 Å². The van der Waals surface area contributed by atoms with Gasteiger partial charge in [-0.25, -0.2) is 0 Å². The Morgan fingerprint density at radius 1 is 1.21 bits per heavy atom. The van der Waals surface area contributed by atoms with Gasteiger partial charge in [-0.3, -0.25) is 24.4 Å². The molecule has 0 unspecified atom stereocenters. The van der Waals surface area contributed by atoms with Crippen molar-refractivity contribution in [3.8, 4) is 0 Å². The van der Waals surface area contributed by atoms with Gasteiger partial charge in [0.2, 0.25) is 17.7 Å². The van der Waals surface area contributed by atoms with Crippen molar-refractivity contribution < 1.29 is 14.4 Å². The van der Waals surface area contributed by atoms with Crippen molar-refractivity contribution in [3.63, 3.8) is 0 Å². The molecule has 1 aromatic carbocycles. The second-order valence-corrected chi connectivity index (χ2v) is 7.18. The lowest BCUT2D eigenvalue weighted by Gasteiger charge is -2.15. The van der Waals surface area contributed by atoms with Gasteiger partial charge < -0.3 is 16.0 Å². The molecule has 2 aliphatic heterocycles. The fourth-order valence-corrected chi connectivity index (χ4v) is 3.72. The molecule has 4 N–H and O–H groups in total. The first kappa shape index (κ1) is 18.2. The van der Waals surface area contributed by atoms with Crippen molar-refractivity contribution in [2.45, 2.75) is 32.4 Å². The van der Waals surface area contributed by atoms with Gasteiger partial charge in [-0.1, -0.05) is 12.1 Å². The average molecular weight is 382 g/mol. The Balaban J connectivity index is 1.36. The van der Waals surface area contributed by atoms with E-state index in [-0.39, 0.29) is 30.7 Å². The molecule has 9 nitrogen and oxygen atoms in total. The van der Waals surface area contributed by atoms with Crippen LogP contribution in [0.2, 0.25) is 0 Å². The van der Waals surface area contributed by atoms with E-state index < -0.39 is 0 Å². The molecule has 1 fully saturated rings. The van der Waals surface area contributed by atoms with Gasteiger partial charge >= 0.3 is 0 Å². The fourth-order valence-electron chi connectivity index (χ4n) is 3.72. The molecule has 2 aromatic rings. The Kier molecular flexibility index (Phi) is 4.82. The van der Waals surface area contributed by atoms with Gasteiger partial charge in [-0.2, -0.15) is 5.10 Å². The first-order valence-electron chi connectivity index (χ1n) is 9.25. The van der Waals surface area contributed by atoms with Crippen LogP contribution in [0.1, 0.15) is 29.7 Å². The van der Waals surface area contributed by atoms with Gasteiger partial charge in [0.1, 0.15) is 0 Å². The summed E-state index contributed by atoms with van der Waals surface area (Å²) in [5.74, 6) is 0.0740. The highest BCUT2D eigenvalue weighted by atomic mass is 16.2. The number of nitrogens with two attached hydrogens (primary N) is 1. The maximum absolute atomic E-state index is 12.4. The van der Waals surface area contributed by atoms with Crippen LogP contribution in [0.15, 0.2) is 24.3 Å². The molecule has 0 aliphatic carbocycles. The highest BCUT2D eigenvalue weighted by molar-refractivity contribution is 5.95. The topological polar surface area (TPSA) is 124 Å². The second kappa shape index (κ2) is 7.43. The van der Waals surface area contributed by atoms with Crippen LogP contribution in [0.3, 0.4) is 0 Å². The lowest BCUT2D eigenvalue weighted by molar-refractivity contribution is -0.119. The zero-order valence-corrected chi connectivity index (χ0v) is 15.4. The minimum absolute atomic E-state index is 0.142. The number of fused-ring (bicyclic) bond motifs is 1. The number of aromatic amines is 1. The Morgan fingerprint density at radius 3 is 2.68 bits per heavy atom. The summed E-state index contributed by atoms with van der Waals surface area (Å²) in [5, 5.41) is 9.90. The summed E-state index contributed by atoms with van der Waals surface area (Å²) in [6.07, 6.45) is 1.68. The van der Waals surface area contributed by atoms with Gasteiger partial charge in [0.25, 0.3) is 0 Å². The first-order valence-corrected chi connectivity index (χ1v) is 9.25. The number of carbonyl (C=O) groups is 3. The number of nitrogens with zero attached hydrogens (tertiary/aromatic N) is 3. The molecule has 9 heteroatoms. The number of rotatable bonds is 6. The van der Waals surface area contributed by atoms with Crippen LogP contribution >= 0.6 is 0 Å². The molecule has 0 bridgehead atoms. The number of primary amides is 1. The molecular weight excluding hydrogens is 360 g/mol. The molecule has 3 amide bonds. The van der Waals surface area contributed by atoms with Gasteiger partial charge in [0, 0.05) is 37.3 Å². The van der Waals surface area contributed by atoms with E-state index in [2.05, 4.69) is 15.5 Å². The normalized spacial score (nSPS) is 16.4. The maximum Gasteiger partial charge on any atom is 0.231 e. The predicted octanol–water partition coefficient (Wildman–Crippen LogP) is 0.519. The summed E-state index contributed by atoms with van der Waals surface area (Å²) in [6, 6.07) is 7.48. The molecule has 0 atom stereocenters. The zero-order valence-electron chi connectivity index (χ0n) is 15.4. The third-order valence-corrected chi connectivity index (χ3v) is 5.04. The van der Waals surface area contributed by atoms with Crippen molar-refractivity contribution in [3.05, 3.63) is 41.1 Å². The monoisotopic (exact) mass is 382 g/mol. The molecule has 0 saturated carbocycles. The number of hydrogen-bond donors (Lipinski definition) is 3. The van der Waals surface area contributed by atoms with Crippen LogP contribution in [0.4, 0.5) is 11.5 Å². The van der Waals surface area contributed by atoms with E-state index >= 15 is 0 Å². The third kappa shape index (κ3) is 3.74. The highest BCUT2D eigenvalue weighted by Crippen LogP contribution is 2.27. The Morgan fingerprint density at radius 2 is 2.00 bits per heavy atom. The molecule has 0 spiro atoms. The number of aromatic nitrogens is 2. The average Bonchev–Trinajstić information content (AvgIpc) is 3.33. The molecular formula is C19H22N6O3. The second-order valence-electron chi connectivity index (χ2n) is 7.18. The standard InChI is InChI=1S/C19H22N6O3/c20-16(26)11-24-9-14-15(10-24)22-23-19(14)21-17(27)8-12-3-5-13(6-4-12)25-7-1-2-18(25)28/h3-6H,1-2,7-11H2,(H2,20,26)(H2,21,22,23,27). The van der Waals surface area contributed by atoms with Crippen molar-refractivity contribution >= 4 is 29.2 Å². The quantitative estimate of drug-likeness (QED) is 0.672. The van der Waals surface area contributed by atoms with Gasteiger partial charge in [0.15, 0.2) is 5.82 Å². The van der Waals surface area contributed by atoms with Crippen molar-refractivity contribution in [2.75, 3.05) is 23.3 Å². The van der Waals surface area contributed by atoms with E-state index in [4.69, 9.17) is 5.73 Å². The summed E-state index contributed by atoms with van der Waals surface area (Å²) in [7, 11) is 0. The number of amides is 3. The van der Waals surface area contributed by atoms with Crippen LogP contribution in [-0.4, -0.2) is 45.9 Å². The SMILES string of the molecule is NC(=O)CN1Cc2[nH]nc(NC(=O)Cc3ccc(N4CCCC4=O)cc3)c2C1. The van der Waals surface area contributed by atoms with Crippen LogP contribution < -0.4 is 16.0 Å². The smallest absolute Gasteiger partial charge is 0.231 e. The van der Waals surface area contributed by atoms with E-state index in [0.717, 1.165) is 35.5 Å². The molecule has 2 aliphatic rings. The summed E-state index contributed by atoms with van der Waals surface area (Å²) in [4.78, 5) is 39.0. The Labute approximate surface area is 161 Å². The van der Waals surface area contributed by atoms with Gasteiger partial charge in [0.05, 0.1) is 18.7 Å². The number of anilines is 2. The minimum Gasteiger partial charge on any atom is -0.369 e. The predicted molar refractivity (Wildman–Crippen MR) is 102 cm³/mol. The number of H-pyrrole nitrogens is 1. The molecule has 3 heterocycles. The minimum atomic E-state index is -0.386. The van der Waals surface area contributed by atoms with E-state index in [0.29, 0.717) is 25.3 Å². The van der Waals surface area contributed by atoms with E-state index in [1.165, 1.54) is 0 Å². The van der Waals surface area contributed by atoms with Crippen molar-refractivity contribution in [2.24, 2.45) is 5.73 Å². The van der Waals surface area contributed by atoms with E-state index in [1.807, 2.05) is 29.2 Å². The van der Waals surface area contributed by atoms with E-state index in [9.17, 15) is 14.4 Å². The third-order valence-electron chi connectivity index (χ3n) is 5.04. The lowest BCUT2D eigenvalue weighted by atomic mass is 10.1. The Hall–Kier alpha value is -3.20. The van der Waals surface area contributed by atoms with Crippen LogP contribution in [0.5, 0.6) is 0 Å². The van der Waals surface area contributed by atoms with Crippen molar-refractivity contribution in [1.82, 2.24) is 15.1 Å². The van der Waals surface area contributed by atoms with Crippen LogP contribution in [-0.2, 0) is 33.9 Å². The lowest BCUT2D eigenvalue weighted by Crippen LogP contribution is -2.30. The van der Waals surface area contributed by atoms with Crippen LogP contribution in [0, 0.1) is 0 Å². The molecule has 1 aromatic heterocycles. The summed E-state index contributed by atoms with van der Waals surface area (Å²) >= 11 is 0. The zero-order chi connectivity index (χ0) is 19.7. The first-order chi connectivity index (χ1) is 13.5. The largest absolute Gasteiger partial charge is 0.369 e. The molecule has 1 saturated heterocycles. The number of carbonyl (C=O) groups excluding carboxylic acids is 3. The summed E-state index contributed by atoms with van der Waals surface area (Å²) < 4.78 is 0. The fraction of sp³-hybridized carbons (Fsp3) is 0.368. The molecule has 28 heavy (non-hydrogen) atoms. The van der Waals surface area contributed by atoms with Gasteiger partial charge in [-0.05, 0) is 24.1 Å². The molecule has 146 valence electrons. The number of nitrogens with one attached hydrogen (secondary N) is 2. The van der Waals surface area contributed by atoms with Gasteiger partial charge in [-0.15, -0.1) is 0 Å². The molecule has 0 radical (unpaired) electrons. The summed E-state index contributed by atoms with van der Waals surface area (Å²) in [6.45, 7) is 1.98. The Bertz CT molecular complexity index is 920. The summed E-state index contributed by atoms with van der Waals surface area (Å²) in [5.41, 5.74) is 8.74. The maximum atomic E-state index is 12.4. The number of benzene rings is 1. The molecule has 4 rings (SSSR count).